The SMILES string of the molecule is CCNc1cccc(C(=O)Nc2cccc(I)c2)n1. The molecule has 0 aliphatic carbocycles. The quantitative estimate of drug-likeness (QED) is 0.815. The van der Waals surface area contributed by atoms with Crippen molar-refractivity contribution in [1.29, 1.82) is 0 Å². The number of carbonyl (C=O) groups is 1. The largest absolute Gasteiger partial charge is 0.370 e. The molecular formula is C14H14IN3O. The predicted octanol–water partition coefficient (Wildman–Crippen LogP) is 3.37. The zero-order chi connectivity index (χ0) is 13.7. The number of anilines is 2. The Bertz CT molecular complexity index is 586. The van der Waals surface area contributed by atoms with Gasteiger partial charge in [-0.3, -0.25) is 4.79 Å². The summed E-state index contributed by atoms with van der Waals surface area (Å²) in [6.07, 6.45) is 0. The molecule has 1 heterocycles. The molecule has 2 rings (SSSR count). The fraction of sp³-hybridized carbons (Fsp3) is 0.143. The second kappa shape index (κ2) is 6.51. The Labute approximate surface area is 125 Å². The smallest absolute Gasteiger partial charge is 0.274 e. The van der Waals surface area contributed by atoms with Gasteiger partial charge in [-0.05, 0) is 59.8 Å². The maximum Gasteiger partial charge on any atom is 0.274 e. The van der Waals surface area contributed by atoms with Crippen molar-refractivity contribution in [3.63, 3.8) is 0 Å². The second-order valence-electron chi connectivity index (χ2n) is 3.90. The number of aromatic nitrogens is 1. The van der Waals surface area contributed by atoms with Gasteiger partial charge in [0.1, 0.15) is 11.5 Å². The monoisotopic (exact) mass is 367 g/mol. The lowest BCUT2D eigenvalue weighted by atomic mass is 10.3. The van der Waals surface area contributed by atoms with Gasteiger partial charge in [0.15, 0.2) is 0 Å². The fourth-order valence-corrected chi connectivity index (χ4v) is 2.15. The molecule has 0 radical (unpaired) electrons. The standard InChI is InChI=1S/C14H14IN3O/c1-2-16-13-8-4-7-12(18-13)14(19)17-11-6-3-5-10(15)9-11/h3-9H,2H2,1H3,(H,16,18)(H,17,19). The van der Waals surface area contributed by atoms with Crippen LogP contribution >= 0.6 is 22.6 Å². The molecule has 1 amide bonds. The highest BCUT2D eigenvalue weighted by atomic mass is 127. The van der Waals surface area contributed by atoms with E-state index in [0.717, 1.165) is 15.8 Å². The minimum atomic E-state index is -0.207. The Morgan fingerprint density at radius 1 is 1.26 bits per heavy atom. The Hall–Kier alpha value is -1.63. The van der Waals surface area contributed by atoms with Crippen molar-refractivity contribution in [2.75, 3.05) is 17.2 Å². The average molecular weight is 367 g/mol. The summed E-state index contributed by atoms with van der Waals surface area (Å²) in [4.78, 5) is 16.3. The fourth-order valence-electron chi connectivity index (χ4n) is 1.60. The van der Waals surface area contributed by atoms with Crippen molar-refractivity contribution in [2.24, 2.45) is 0 Å². The number of hydrogen-bond donors (Lipinski definition) is 2. The molecule has 0 saturated heterocycles. The highest BCUT2D eigenvalue weighted by molar-refractivity contribution is 14.1. The topological polar surface area (TPSA) is 54.0 Å². The van der Waals surface area contributed by atoms with E-state index in [0.29, 0.717) is 11.5 Å². The third kappa shape index (κ3) is 3.92. The van der Waals surface area contributed by atoms with E-state index in [1.807, 2.05) is 43.3 Å². The van der Waals surface area contributed by atoms with E-state index >= 15 is 0 Å². The van der Waals surface area contributed by atoms with Gasteiger partial charge < -0.3 is 10.6 Å². The summed E-state index contributed by atoms with van der Waals surface area (Å²) in [6, 6.07) is 13.0. The van der Waals surface area contributed by atoms with E-state index in [1.54, 1.807) is 6.07 Å². The lowest BCUT2D eigenvalue weighted by molar-refractivity contribution is 0.102. The van der Waals surface area contributed by atoms with Gasteiger partial charge in [0.05, 0.1) is 0 Å². The molecule has 0 aliphatic rings. The third-order valence-electron chi connectivity index (χ3n) is 2.42. The van der Waals surface area contributed by atoms with Crippen molar-refractivity contribution < 1.29 is 4.79 Å². The zero-order valence-corrected chi connectivity index (χ0v) is 12.6. The molecule has 0 bridgehead atoms. The first-order chi connectivity index (χ1) is 9.19. The summed E-state index contributed by atoms with van der Waals surface area (Å²) in [5.74, 6) is 0.500. The Morgan fingerprint density at radius 2 is 2.05 bits per heavy atom. The first-order valence-corrected chi connectivity index (χ1v) is 7.05. The van der Waals surface area contributed by atoms with Gasteiger partial charge in [0, 0.05) is 15.8 Å². The van der Waals surface area contributed by atoms with Gasteiger partial charge in [0.25, 0.3) is 5.91 Å². The Morgan fingerprint density at radius 3 is 2.79 bits per heavy atom. The highest BCUT2D eigenvalue weighted by Gasteiger charge is 2.08. The number of amides is 1. The van der Waals surface area contributed by atoms with Gasteiger partial charge in [-0.1, -0.05) is 12.1 Å². The summed E-state index contributed by atoms with van der Waals surface area (Å²) in [5.41, 5.74) is 1.17. The number of rotatable bonds is 4. The average Bonchev–Trinajstić information content (AvgIpc) is 2.39. The Kier molecular flexibility index (Phi) is 4.73. The molecule has 0 atom stereocenters. The van der Waals surface area contributed by atoms with Crippen LogP contribution in [0.2, 0.25) is 0 Å². The van der Waals surface area contributed by atoms with Crippen LogP contribution in [0, 0.1) is 3.57 Å². The van der Waals surface area contributed by atoms with Crippen molar-refractivity contribution in [2.45, 2.75) is 6.92 Å². The molecule has 0 spiro atoms. The molecule has 2 aromatic rings. The third-order valence-corrected chi connectivity index (χ3v) is 3.09. The number of nitrogens with one attached hydrogen (secondary N) is 2. The van der Waals surface area contributed by atoms with Crippen LogP contribution < -0.4 is 10.6 Å². The summed E-state index contributed by atoms with van der Waals surface area (Å²) in [7, 11) is 0. The molecule has 1 aromatic carbocycles. The number of benzene rings is 1. The van der Waals surface area contributed by atoms with Crippen LogP contribution in [0.15, 0.2) is 42.5 Å². The number of nitrogens with zero attached hydrogens (tertiary/aromatic N) is 1. The van der Waals surface area contributed by atoms with Crippen LogP contribution in [-0.2, 0) is 0 Å². The van der Waals surface area contributed by atoms with E-state index < -0.39 is 0 Å². The highest BCUT2D eigenvalue weighted by Crippen LogP contribution is 2.14. The lowest BCUT2D eigenvalue weighted by Gasteiger charge is -2.07. The molecule has 19 heavy (non-hydrogen) atoms. The van der Waals surface area contributed by atoms with E-state index in [-0.39, 0.29) is 5.91 Å². The minimum Gasteiger partial charge on any atom is -0.370 e. The molecule has 5 heteroatoms. The van der Waals surface area contributed by atoms with Crippen LogP contribution in [0.4, 0.5) is 11.5 Å². The van der Waals surface area contributed by atoms with E-state index in [1.165, 1.54) is 0 Å². The molecule has 4 nitrogen and oxygen atoms in total. The molecular weight excluding hydrogens is 353 g/mol. The van der Waals surface area contributed by atoms with Crippen LogP contribution in [0.25, 0.3) is 0 Å². The molecule has 0 fully saturated rings. The van der Waals surface area contributed by atoms with Crippen LogP contribution in [-0.4, -0.2) is 17.4 Å². The lowest BCUT2D eigenvalue weighted by Crippen LogP contribution is -2.14. The first-order valence-electron chi connectivity index (χ1n) is 5.97. The second-order valence-corrected chi connectivity index (χ2v) is 5.15. The molecule has 98 valence electrons. The zero-order valence-electron chi connectivity index (χ0n) is 10.5. The number of halogens is 1. The summed E-state index contributed by atoms with van der Waals surface area (Å²) < 4.78 is 1.07. The van der Waals surface area contributed by atoms with Crippen molar-refractivity contribution >= 4 is 40.0 Å². The maximum absolute atomic E-state index is 12.1. The van der Waals surface area contributed by atoms with E-state index in [4.69, 9.17) is 0 Å². The van der Waals surface area contributed by atoms with Crippen molar-refractivity contribution in [3.05, 3.63) is 51.7 Å². The van der Waals surface area contributed by atoms with Gasteiger partial charge >= 0.3 is 0 Å². The van der Waals surface area contributed by atoms with Crippen LogP contribution in [0.5, 0.6) is 0 Å². The molecule has 0 unspecified atom stereocenters. The molecule has 2 N–H and O–H groups in total. The summed E-state index contributed by atoms with van der Waals surface area (Å²) >= 11 is 2.21. The summed E-state index contributed by atoms with van der Waals surface area (Å²) in [6.45, 7) is 2.76. The van der Waals surface area contributed by atoms with Gasteiger partial charge in [-0.2, -0.15) is 0 Å². The van der Waals surface area contributed by atoms with E-state index in [9.17, 15) is 4.79 Å². The van der Waals surface area contributed by atoms with Gasteiger partial charge in [0.2, 0.25) is 0 Å². The Balaban J connectivity index is 2.13. The number of carbonyl (C=O) groups excluding carboxylic acids is 1. The predicted molar refractivity (Wildman–Crippen MR) is 85.5 cm³/mol. The maximum atomic E-state index is 12.1. The first kappa shape index (κ1) is 13.8. The van der Waals surface area contributed by atoms with Gasteiger partial charge in [-0.25, -0.2) is 4.98 Å². The van der Waals surface area contributed by atoms with Gasteiger partial charge in [-0.15, -0.1) is 0 Å². The van der Waals surface area contributed by atoms with Crippen molar-refractivity contribution in [1.82, 2.24) is 4.98 Å². The van der Waals surface area contributed by atoms with E-state index in [2.05, 4.69) is 38.2 Å². The normalized spacial score (nSPS) is 10.0. The van der Waals surface area contributed by atoms with Crippen molar-refractivity contribution in [3.8, 4) is 0 Å². The minimum absolute atomic E-state index is 0.207. The molecule has 0 aliphatic heterocycles. The van der Waals surface area contributed by atoms with Crippen LogP contribution in [0.3, 0.4) is 0 Å². The van der Waals surface area contributed by atoms with Crippen LogP contribution in [0.1, 0.15) is 17.4 Å². The molecule has 0 saturated carbocycles. The summed E-state index contributed by atoms with van der Waals surface area (Å²) in [5, 5.41) is 5.92. The number of hydrogen-bond acceptors (Lipinski definition) is 3. The molecule has 1 aromatic heterocycles. The number of pyridine rings is 1.